The highest BCUT2D eigenvalue weighted by Crippen LogP contribution is 2.33. The Morgan fingerprint density at radius 1 is 1.36 bits per heavy atom. The standard InChI is InChI=1S/C8H18NO4P/c1-9(4-2-3-5-9)6-7-13-8-14(10,11)12/h2-8H2,1H3,(H-,10,11,12)/p+1. The van der Waals surface area contributed by atoms with Gasteiger partial charge in [0, 0.05) is 12.8 Å². The van der Waals surface area contributed by atoms with Crippen LogP contribution in [0.25, 0.3) is 0 Å². The summed E-state index contributed by atoms with van der Waals surface area (Å²) < 4.78 is 16.4. The molecule has 0 bridgehead atoms. The predicted octanol–water partition coefficient (Wildman–Crippen LogP) is 0.379. The molecule has 0 aliphatic carbocycles. The Kier molecular flexibility index (Phi) is 4.10. The molecule has 0 amide bonds. The van der Waals surface area contributed by atoms with Crippen LogP contribution in [0.4, 0.5) is 0 Å². The third-order valence-electron chi connectivity index (χ3n) is 2.68. The molecular weight excluding hydrogens is 205 g/mol. The molecule has 0 atom stereocenters. The van der Waals surface area contributed by atoms with Crippen LogP contribution < -0.4 is 0 Å². The maximum absolute atomic E-state index is 10.5. The largest absolute Gasteiger partial charge is 0.363 e. The van der Waals surface area contributed by atoms with Crippen LogP contribution in [0.1, 0.15) is 12.8 Å². The third-order valence-corrected chi connectivity index (χ3v) is 3.20. The molecule has 0 unspecified atom stereocenters. The summed E-state index contributed by atoms with van der Waals surface area (Å²) in [4.78, 5) is 17.1. The maximum atomic E-state index is 10.5. The number of rotatable bonds is 5. The normalized spacial score (nSPS) is 21.4. The fraction of sp³-hybridized carbons (Fsp3) is 1.00. The second kappa shape index (κ2) is 4.73. The molecule has 1 aliphatic rings. The van der Waals surface area contributed by atoms with Crippen LogP contribution in [0.2, 0.25) is 0 Å². The lowest BCUT2D eigenvalue weighted by molar-refractivity contribution is -0.898. The molecule has 0 aromatic rings. The zero-order valence-corrected chi connectivity index (χ0v) is 9.45. The minimum absolute atomic E-state index is 0.432. The van der Waals surface area contributed by atoms with E-state index in [1.54, 1.807) is 0 Å². The van der Waals surface area contributed by atoms with Gasteiger partial charge in [-0.3, -0.25) is 4.57 Å². The highest BCUT2D eigenvalue weighted by Gasteiger charge is 2.26. The molecule has 14 heavy (non-hydrogen) atoms. The second-order valence-corrected chi connectivity index (χ2v) is 5.79. The lowest BCUT2D eigenvalue weighted by atomic mass is 10.4. The number of hydrogen-bond donors (Lipinski definition) is 2. The van der Waals surface area contributed by atoms with Gasteiger partial charge in [0.2, 0.25) is 0 Å². The van der Waals surface area contributed by atoms with Gasteiger partial charge in [0.15, 0.2) is 0 Å². The Morgan fingerprint density at radius 3 is 2.43 bits per heavy atom. The van der Waals surface area contributed by atoms with E-state index >= 15 is 0 Å². The van der Waals surface area contributed by atoms with Gasteiger partial charge in [-0.15, -0.1) is 0 Å². The lowest BCUT2D eigenvalue weighted by Gasteiger charge is -2.28. The average molecular weight is 224 g/mol. The van der Waals surface area contributed by atoms with Crippen molar-refractivity contribution >= 4 is 7.60 Å². The monoisotopic (exact) mass is 224 g/mol. The number of likely N-dealkylation sites (N-methyl/N-ethyl adjacent to an activating group) is 1. The Balaban J connectivity index is 2.12. The molecule has 0 spiro atoms. The first-order valence-electron chi connectivity index (χ1n) is 4.87. The van der Waals surface area contributed by atoms with Gasteiger partial charge in [-0.05, 0) is 0 Å². The minimum atomic E-state index is -3.98. The van der Waals surface area contributed by atoms with Gasteiger partial charge in [0.05, 0.1) is 26.7 Å². The van der Waals surface area contributed by atoms with Gasteiger partial charge in [-0.2, -0.15) is 0 Å². The number of hydrogen-bond acceptors (Lipinski definition) is 2. The maximum Gasteiger partial charge on any atom is 0.350 e. The summed E-state index contributed by atoms with van der Waals surface area (Å²) in [7, 11) is -1.82. The van der Waals surface area contributed by atoms with Gasteiger partial charge in [0.25, 0.3) is 0 Å². The summed E-state index contributed by atoms with van der Waals surface area (Å²) in [6.07, 6.45) is 2.04. The van der Waals surface area contributed by atoms with Crippen molar-refractivity contribution in [2.24, 2.45) is 0 Å². The van der Waals surface area contributed by atoms with Crippen molar-refractivity contribution < 1.29 is 23.6 Å². The summed E-state index contributed by atoms with van der Waals surface area (Å²) in [6, 6.07) is 0. The molecule has 2 N–H and O–H groups in total. The van der Waals surface area contributed by atoms with Crippen LogP contribution in [0.15, 0.2) is 0 Å². The van der Waals surface area contributed by atoms with Crippen molar-refractivity contribution in [3.63, 3.8) is 0 Å². The molecule has 5 nitrogen and oxygen atoms in total. The van der Waals surface area contributed by atoms with Gasteiger partial charge >= 0.3 is 7.60 Å². The molecule has 6 heteroatoms. The van der Waals surface area contributed by atoms with Crippen LogP contribution >= 0.6 is 7.60 Å². The number of nitrogens with zero attached hydrogens (tertiary/aromatic N) is 1. The summed E-state index contributed by atoms with van der Waals surface area (Å²) in [5.41, 5.74) is 0. The van der Waals surface area contributed by atoms with Crippen LogP contribution in [0.5, 0.6) is 0 Å². The zero-order valence-electron chi connectivity index (χ0n) is 8.56. The first kappa shape index (κ1) is 12.1. The highest BCUT2D eigenvalue weighted by atomic mass is 31.2. The van der Waals surface area contributed by atoms with Crippen LogP contribution in [-0.4, -0.2) is 53.9 Å². The van der Waals surface area contributed by atoms with Crippen molar-refractivity contribution in [3.8, 4) is 0 Å². The van der Waals surface area contributed by atoms with Gasteiger partial charge in [-0.25, -0.2) is 0 Å². The summed E-state index contributed by atoms with van der Waals surface area (Å²) in [5, 5.41) is 0. The van der Waals surface area contributed by atoms with Gasteiger partial charge in [0.1, 0.15) is 12.9 Å². The van der Waals surface area contributed by atoms with Crippen molar-refractivity contribution in [1.82, 2.24) is 0 Å². The van der Waals surface area contributed by atoms with E-state index < -0.39 is 13.9 Å². The van der Waals surface area contributed by atoms with Crippen molar-refractivity contribution in [2.45, 2.75) is 12.8 Å². The molecule has 1 saturated heterocycles. The summed E-state index contributed by atoms with van der Waals surface area (Å²) >= 11 is 0. The number of likely N-dealkylation sites (tertiary alicyclic amines) is 1. The van der Waals surface area contributed by atoms with E-state index in [1.165, 1.54) is 12.8 Å². The fourth-order valence-corrected chi connectivity index (χ4v) is 2.16. The van der Waals surface area contributed by atoms with Crippen molar-refractivity contribution in [3.05, 3.63) is 0 Å². The van der Waals surface area contributed by atoms with E-state index in [9.17, 15) is 4.57 Å². The molecule has 0 aromatic heterocycles. The van der Waals surface area contributed by atoms with E-state index in [4.69, 9.17) is 14.5 Å². The molecule has 1 heterocycles. The molecule has 1 aliphatic heterocycles. The van der Waals surface area contributed by atoms with Crippen LogP contribution in [0.3, 0.4) is 0 Å². The molecule has 0 radical (unpaired) electrons. The first-order chi connectivity index (χ1) is 6.41. The lowest BCUT2D eigenvalue weighted by Crippen LogP contribution is -2.43. The smallest absolute Gasteiger partial charge is 0.350 e. The third kappa shape index (κ3) is 4.53. The molecular formula is C8H19NO4P+. The van der Waals surface area contributed by atoms with Crippen molar-refractivity contribution in [1.29, 1.82) is 0 Å². The average Bonchev–Trinajstić information content (AvgIpc) is 2.45. The van der Waals surface area contributed by atoms with Gasteiger partial charge in [-0.1, -0.05) is 0 Å². The van der Waals surface area contributed by atoms with E-state index in [0.717, 1.165) is 24.1 Å². The Bertz CT molecular complexity index is 221. The first-order valence-corrected chi connectivity index (χ1v) is 6.67. The fourth-order valence-electron chi connectivity index (χ4n) is 1.79. The van der Waals surface area contributed by atoms with E-state index in [-0.39, 0.29) is 0 Å². The Labute approximate surface area is 84.4 Å². The van der Waals surface area contributed by atoms with Crippen LogP contribution in [0, 0.1) is 0 Å². The summed E-state index contributed by atoms with van der Waals surface area (Å²) in [6.45, 7) is 3.58. The molecule has 1 fully saturated rings. The van der Waals surface area contributed by atoms with Crippen LogP contribution in [-0.2, 0) is 9.30 Å². The van der Waals surface area contributed by atoms with E-state index in [2.05, 4.69) is 7.05 Å². The number of ether oxygens (including phenoxy) is 1. The Hall–Kier alpha value is 0.0700. The quantitative estimate of drug-likeness (QED) is 0.402. The molecule has 0 saturated carbocycles. The number of quaternary nitrogens is 1. The minimum Gasteiger partial charge on any atom is -0.363 e. The van der Waals surface area contributed by atoms with E-state index in [0.29, 0.717) is 6.61 Å². The molecule has 1 rings (SSSR count). The molecule has 0 aromatic carbocycles. The Morgan fingerprint density at radius 2 is 1.93 bits per heavy atom. The highest BCUT2D eigenvalue weighted by molar-refractivity contribution is 7.51. The SMILES string of the molecule is C[N+]1(CCOCP(=O)(O)O)CCCC1. The molecule has 84 valence electrons. The van der Waals surface area contributed by atoms with E-state index in [1.807, 2.05) is 0 Å². The predicted molar refractivity (Wildman–Crippen MR) is 52.9 cm³/mol. The van der Waals surface area contributed by atoms with Crippen molar-refractivity contribution in [2.75, 3.05) is 39.6 Å². The van der Waals surface area contributed by atoms with Gasteiger partial charge < -0.3 is 19.0 Å². The summed E-state index contributed by atoms with van der Waals surface area (Å²) in [5.74, 6) is 0. The second-order valence-electron chi connectivity index (χ2n) is 4.20. The topological polar surface area (TPSA) is 66.8 Å². The zero-order chi connectivity index (χ0) is 10.7.